The van der Waals surface area contributed by atoms with Crippen LogP contribution in [0.15, 0.2) is 28.0 Å². The molecule has 2 fully saturated rings. The van der Waals surface area contributed by atoms with Gasteiger partial charge in [0.25, 0.3) is 5.56 Å². The Hall–Kier alpha value is -1.18. The highest BCUT2D eigenvalue weighted by Gasteiger charge is 2.28. The molecule has 3 rings (SSSR count). The third-order valence-corrected chi connectivity index (χ3v) is 6.25. The number of pyridine rings is 1. The van der Waals surface area contributed by atoms with Crippen molar-refractivity contribution in [1.82, 2.24) is 8.87 Å². The first kappa shape index (κ1) is 14.7. The fraction of sp³-hybridized carbons (Fsp3) is 0.643. The lowest BCUT2D eigenvalue weighted by Gasteiger charge is -2.18. The highest BCUT2D eigenvalue weighted by molar-refractivity contribution is 7.89. The van der Waals surface area contributed by atoms with Gasteiger partial charge in [-0.1, -0.05) is 0 Å². The zero-order chi connectivity index (χ0) is 14.9. The van der Waals surface area contributed by atoms with Gasteiger partial charge in [-0.05, 0) is 18.9 Å². The van der Waals surface area contributed by atoms with Crippen LogP contribution in [0.3, 0.4) is 0 Å². The molecule has 2 saturated heterocycles. The molecule has 3 heterocycles. The van der Waals surface area contributed by atoms with E-state index >= 15 is 0 Å². The Morgan fingerprint density at radius 1 is 1.05 bits per heavy atom. The molecular weight excluding hydrogens is 290 g/mol. The Balaban J connectivity index is 1.87. The maximum Gasteiger partial charge on any atom is 0.254 e. The van der Waals surface area contributed by atoms with Crippen LogP contribution in [-0.4, -0.2) is 43.5 Å². The molecule has 1 aromatic heterocycles. The van der Waals surface area contributed by atoms with Crippen molar-refractivity contribution in [2.24, 2.45) is 0 Å². The maximum atomic E-state index is 12.5. The first-order valence-corrected chi connectivity index (χ1v) is 9.05. The summed E-state index contributed by atoms with van der Waals surface area (Å²) in [5.41, 5.74) is -0.130. The van der Waals surface area contributed by atoms with Crippen molar-refractivity contribution >= 4 is 10.0 Å². The molecule has 2 aliphatic rings. The number of nitrogens with zero attached hydrogens (tertiary/aromatic N) is 2. The van der Waals surface area contributed by atoms with Crippen LogP contribution in [0.25, 0.3) is 0 Å². The van der Waals surface area contributed by atoms with Crippen LogP contribution in [0.1, 0.15) is 25.7 Å². The van der Waals surface area contributed by atoms with Gasteiger partial charge in [-0.2, -0.15) is 4.31 Å². The second-order valence-electron chi connectivity index (χ2n) is 5.90. The lowest BCUT2D eigenvalue weighted by atomic mass is 10.4. The van der Waals surface area contributed by atoms with Crippen LogP contribution in [-0.2, 0) is 16.7 Å². The van der Waals surface area contributed by atoms with E-state index in [-0.39, 0.29) is 10.5 Å². The highest BCUT2D eigenvalue weighted by Crippen LogP contribution is 2.19. The van der Waals surface area contributed by atoms with Gasteiger partial charge in [0.15, 0.2) is 6.67 Å². The van der Waals surface area contributed by atoms with E-state index in [1.165, 1.54) is 40.4 Å². The molecule has 0 atom stereocenters. The van der Waals surface area contributed by atoms with Crippen LogP contribution in [0, 0.1) is 0 Å². The van der Waals surface area contributed by atoms with Crippen molar-refractivity contribution in [3.8, 4) is 0 Å². The maximum absolute atomic E-state index is 12.5. The molecule has 7 heteroatoms. The predicted molar refractivity (Wildman–Crippen MR) is 78.6 cm³/mol. The number of hydrogen-bond acceptors (Lipinski definition) is 3. The third-order valence-electron chi connectivity index (χ3n) is 4.36. The summed E-state index contributed by atoms with van der Waals surface area (Å²) in [6, 6.07) is 2.81. The second-order valence-corrected chi connectivity index (χ2v) is 7.84. The molecule has 0 radical (unpaired) electrons. The molecular formula is C14H22N3O3S+. The standard InChI is InChI=1S/C14H21N3O3S/c18-14-6-5-13(21(19,20)17-9-3-4-10-17)11-16(14)12-15-7-1-2-8-15/h5-6,11H,1-4,7-10,12H2/p+1. The van der Waals surface area contributed by atoms with Crippen LogP contribution in [0.5, 0.6) is 0 Å². The fourth-order valence-electron chi connectivity index (χ4n) is 3.14. The fourth-order valence-corrected chi connectivity index (χ4v) is 4.67. The van der Waals surface area contributed by atoms with Crippen molar-refractivity contribution < 1.29 is 13.3 Å². The molecule has 0 saturated carbocycles. The monoisotopic (exact) mass is 312 g/mol. The number of sulfonamides is 1. The predicted octanol–water partition coefficient (Wildman–Crippen LogP) is -0.731. The van der Waals surface area contributed by atoms with E-state index in [1.807, 2.05) is 0 Å². The zero-order valence-corrected chi connectivity index (χ0v) is 12.9. The smallest absolute Gasteiger partial charge is 0.254 e. The van der Waals surface area contributed by atoms with Gasteiger partial charge in [-0.15, -0.1) is 0 Å². The number of rotatable bonds is 4. The average Bonchev–Trinajstić information content (AvgIpc) is 3.13. The minimum atomic E-state index is -3.45. The lowest BCUT2D eigenvalue weighted by Crippen LogP contribution is -3.09. The molecule has 2 aliphatic heterocycles. The van der Waals surface area contributed by atoms with Crippen molar-refractivity contribution in [3.05, 3.63) is 28.7 Å². The number of hydrogen-bond donors (Lipinski definition) is 1. The first-order chi connectivity index (χ1) is 10.1. The van der Waals surface area contributed by atoms with E-state index in [0.717, 1.165) is 25.9 Å². The number of quaternary nitrogens is 1. The molecule has 1 aromatic rings. The molecule has 0 amide bonds. The molecule has 6 nitrogen and oxygen atoms in total. The Kier molecular flexibility index (Phi) is 4.14. The molecule has 1 N–H and O–H groups in total. The second kappa shape index (κ2) is 5.90. The first-order valence-electron chi connectivity index (χ1n) is 7.61. The Morgan fingerprint density at radius 3 is 2.38 bits per heavy atom. The summed E-state index contributed by atoms with van der Waals surface area (Å²) in [6.07, 6.45) is 5.70. The van der Waals surface area contributed by atoms with Crippen LogP contribution in [0.2, 0.25) is 0 Å². The summed E-state index contributed by atoms with van der Waals surface area (Å²) >= 11 is 0. The van der Waals surface area contributed by atoms with E-state index in [1.54, 1.807) is 4.57 Å². The quantitative estimate of drug-likeness (QED) is 0.797. The SMILES string of the molecule is O=c1ccc(S(=O)(=O)N2CCCC2)cn1C[NH+]1CCCC1. The molecule has 0 spiro atoms. The summed E-state index contributed by atoms with van der Waals surface area (Å²) in [7, 11) is -3.45. The van der Waals surface area contributed by atoms with Gasteiger partial charge in [-0.3, -0.25) is 9.36 Å². The molecule has 21 heavy (non-hydrogen) atoms. The topological polar surface area (TPSA) is 63.8 Å². The lowest BCUT2D eigenvalue weighted by molar-refractivity contribution is -0.910. The Labute approximate surface area is 125 Å². The van der Waals surface area contributed by atoms with Crippen LogP contribution >= 0.6 is 0 Å². The summed E-state index contributed by atoms with van der Waals surface area (Å²) in [5, 5.41) is 0. The van der Waals surface area contributed by atoms with E-state index < -0.39 is 10.0 Å². The molecule has 0 unspecified atom stereocenters. The van der Waals surface area contributed by atoms with Gasteiger partial charge in [0, 0.05) is 38.2 Å². The summed E-state index contributed by atoms with van der Waals surface area (Å²) in [4.78, 5) is 13.5. The van der Waals surface area contributed by atoms with Gasteiger partial charge >= 0.3 is 0 Å². The van der Waals surface area contributed by atoms with Crippen LogP contribution in [0.4, 0.5) is 0 Å². The van der Waals surface area contributed by atoms with Crippen molar-refractivity contribution in [3.63, 3.8) is 0 Å². The number of nitrogens with one attached hydrogen (secondary N) is 1. The highest BCUT2D eigenvalue weighted by atomic mass is 32.2. The Morgan fingerprint density at radius 2 is 1.71 bits per heavy atom. The minimum Gasteiger partial charge on any atom is -0.317 e. The minimum absolute atomic E-state index is 0.130. The largest absolute Gasteiger partial charge is 0.317 e. The van der Waals surface area contributed by atoms with Gasteiger partial charge in [-0.25, -0.2) is 8.42 Å². The summed E-state index contributed by atoms with van der Waals surface area (Å²) in [6.45, 7) is 3.82. The molecule has 116 valence electrons. The van der Waals surface area contributed by atoms with E-state index in [2.05, 4.69) is 0 Å². The van der Waals surface area contributed by atoms with Crippen LogP contribution < -0.4 is 10.5 Å². The van der Waals surface area contributed by atoms with Gasteiger partial charge in [0.1, 0.15) is 0 Å². The average molecular weight is 312 g/mol. The Bertz CT molecular complexity index is 656. The molecule has 0 aliphatic carbocycles. The molecule has 0 bridgehead atoms. The molecule has 0 aromatic carbocycles. The third kappa shape index (κ3) is 3.04. The van der Waals surface area contributed by atoms with Gasteiger partial charge in [0.2, 0.25) is 10.0 Å². The summed E-state index contributed by atoms with van der Waals surface area (Å²) in [5.74, 6) is 0. The van der Waals surface area contributed by atoms with Crippen molar-refractivity contribution in [2.75, 3.05) is 26.2 Å². The zero-order valence-electron chi connectivity index (χ0n) is 12.1. The van der Waals surface area contributed by atoms with E-state index in [9.17, 15) is 13.2 Å². The summed E-state index contributed by atoms with van der Waals surface area (Å²) < 4.78 is 28.1. The van der Waals surface area contributed by atoms with Crippen molar-refractivity contribution in [1.29, 1.82) is 0 Å². The normalized spacial score (nSPS) is 21.1. The van der Waals surface area contributed by atoms with E-state index in [4.69, 9.17) is 0 Å². The van der Waals surface area contributed by atoms with Gasteiger partial charge in [0.05, 0.1) is 18.0 Å². The number of aromatic nitrogens is 1. The van der Waals surface area contributed by atoms with Gasteiger partial charge < -0.3 is 4.90 Å². The van der Waals surface area contributed by atoms with Crippen molar-refractivity contribution in [2.45, 2.75) is 37.2 Å². The number of likely N-dealkylation sites (tertiary alicyclic amines) is 1. The van der Waals surface area contributed by atoms with E-state index in [0.29, 0.717) is 19.8 Å².